The van der Waals surface area contributed by atoms with Crippen LogP contribution in [0.2, 0.25) is 0 Å². The maximum Gasteiger partial charge on any atom is 0.150 e. The lowest BCUT2D eigenvalue weighted by atomic mass is 10.0. The van der Waals surface area contributed by atoms with Gasteiger partial charge in [0.15, 0.2) is 0 Å². The maximum atomic E-state index is 13.4. The first-order chi connectivity index (χ1) is 8.60. The Morgan fingerprint density at radius 1 is 1.33 bits per heavy atom. The van der Waals surface area contributed by atoms with Crippen LogP contribution in [0.25, 0.3) is 0 Å². The molecule has 2 rings (SSSR count). The van der Waals surface area contributed by atoms with Crippen molar-refractivity contribution in [3.8, 4) is 0 Å². The van der Waals surface area contributed by atoms with Gasteiger partial charge in [-0.2, -0.15) is 0 Å². The number of aldehydes is 1. The number of piperidine rings is 1. The van der Waals surface area contributed by atoms with Crippen LogP contribution in [0, 0.1) is 5.82 Å². The van der Waals surface area contributed by atoms with Crippen molar-refractivity contribution in [1.82, 2.24) is 4.90 Å². The maximum absolute atomic E-state index is 13.4. The van der Waals surface area contributed by atoms with Crippen LogP contribution < -0.4 is 4.90 Å². The molecule has 0 spiro atoms. The normalized spacial score (nSPS) is 17.7. The van der Waals surface area contributed by atoms with Gasteiger partial charge in [-0.3, -0.25) is 4.79 Å². The number of likely N-dealkylation sites (tertiary alicyclic amines) is 1. The lowest BCUT2D eigenvalue weighted by Gasteiger charge is -2.36. The molecule has 1 aromatic rings. The van der Waals surface area contributed by atoms with E-state index in [1.165, 1.54) is 12.1 Å². The zero-order valence-corrected chi connectivity index (χ0v) is 10.9. The van der Waals surface area contributed by atoms with E-state index in [0.717, 1.165) is 31.6 Å². The molecule has 4 heteroatoms. The lowest BCUT2D eigenvalue weighted by Crippen LogP contribution is -2.42. The summed E-state index contributed by atoms with van der Waals surface area (Å²) in [6.07, 6.45) is 2.83. The molecule has 1 aliphatic rings. The van der Waals surface area contributed by atoms with Gasteiger partial charge in [0.2, 0.25) is 0 Å². The van der Waals surface area contributed by atoms with Crippen LogP contribution in [-0.2, 0) is 0 Å². The number of carbonyl (C=O) groups excluding carboxylic acids is 1. The molecule has 0 saturated carbocycles. The van der Waals surface area contributed by atoms with Gasteiger partial charge in [-0.25, -0.2) is 4.39 Å². The summed E-state index contributed by atoms with van der Waals surface area (Å²) in [6, 6.07) is 4.92. The third kappa shape index (κ3) is 2.88. The molecule has 0 N–H and O–H groups in total. The fourth-order valence-corrected chi connectivity index (χ4v) is 2.46. The molecule has 18 heavy (non-hydrogen) atoms. The molecule has 0 amide bonds. The monoisotopic (exact) mass is 250 g/mol. The number of rotatable bonds is 3. The summed E-state index contributed by atoms with van der Waals surface area (Å²) in [5.41, 5.74) is 1.18. The highest BCUT2D eigenvalue weighted by Gasteiger charge is 2.21. The number of nitrogens with zero attached hydrogens (tertiary/aromatic N) is 2. The van der Waals surface area contributed by atoms with Gasteiger partial charge in [0.1, 0.15) is 12.1 Å². The Morgan fingerprint density at radius 3 is 2.61 bits per heavy atom. The topological polar surface area (TPSA) is 23.6 Å². The second kappa shape index (κ2) is 5.48. The Hall–Kier alpha value is -1.42. The number of anilines is 1. The van der Waals surface area contributed by atoms with Gasteiger partial charge < -0.3 is 9.80 Å². The summed E-state index contributed by atoms with van der Waals surface area (Å²) in [5, 5.41) is 0. The minimum atomic E-state index is -0.352. The van der Waals surface area contributed by atoms with Crippen molar-refractivity contribution in [3.05, 3.63) is 29.6 Å². The summed E-state index contributed by atoms with van der Waals surface area (Å²) in [5.74, 6) is -0.352. The second-order valence-electron chi connectivity index (χ2n) is 5.01. The molecule has 1 fully saturated rings. The van der Waals surface area contributed by atoms with Crippen LogP contribution in [0.1, 0.15) is 23.2 Å². The van der Waals surface area contributed by atoms with Crippen molar-refractivity contribution in [2.45, 2.75) is 18.9 Å². The molecule has 0 radical (unpaired) electrons. The first-order valence-electron chi connectivity index (χ1n) is 6.27. The van der Waals surface area contributed by atoms with E-state index in [9.17, 15) is 9.18 Å². The minimum absolute atomic E-state index is 0.352. The predicted molar refractivity (Wildman–Crippen MR) is 70.7 cm³/mol. The van der Waals surface area contributed by atoms with E-state index in [2.05, 4.69) is 16.8 Å². The van der Waals surface area contributed by atoms with E-state index in [-0.39, 0.29) is 5.82 Å². The zero-order valence-electron chi connectivity index (χ0n) is 10.9. The summed E-state index contributed by atoms with van der Waals surface area (Å²) < 4.78 is 13.4. The van der Waals surface area contributed by atoms with Crippen molar-refractivity contribution < 1.29 is 9.18 Å². The van der Waals surface area contributed by atoms with E-state index in [1.54, 1.807) is 6.07 Å². The highest BCUT2D eigenvalue weighted by molar-refractivity contribution is 5.77. The van der Waals surface area contributed by atoms with E-state index in [1.807, 2.05) is 7.05 Å². The predicted octanol–water partition coefficient (Wildman–Crippen LogP) is 2.17. The van der Waals surface area contributed by atoms with Crippen LogP contribution in [0.15, 0.2) is 18.2 Å². The fourth-order valence-electron chi connectivity index (χ4n) is 2.46. The highest BCUT2D eigenvalue weighted by Crippen LogP contribution is 2.23. The number of hydrogen-bond donors (Lipinski definition) is 0. The van der Waals surface area contributed by atoms with Crippen LogP contribution in [0.5, 0.6) is 0 Å². The summed E-state index contributed by atoms with van der Waals surface area (Å²) in [7, 11) is 4.09. The molecular formula is C14H19FN2O. The number of hydrogen-bond acceptors (Lipinski definition) is 3. The lowest BCUT2D eigenvalue weighted by molar-refractivity contribution is 0.112. The van der Waals surface area contributed by atoms with Crippen LogP contribution in [-0.4, -0.2) is 44.4 Å². The zero-order chi connectivity index (χ0) is 13.1. The van der Waals surface area contributed by atoms with Crippen LogP contribution >= 0.6 is 0 Å². The average molecular weight is 250 g/mol. The van der Waals surface area contributed by atoms with E-state index < -0.39 is 0 Å². The molecule has 1 aromatic carbocycles. The second-order valence-corrected chi connectivity index (χ2v) is 5.01. The smallest absolute Gasteiger partial charge is 0.150 e. The Balaban J connectivity index is 2.15. The third-order valence-electron chi connectivity index (χ3n) is 3.68. The standard InChI is InChI=1S/C14H19FN2O/c1-16-5-3-13(4-6-16)17(2)14-8-11(10-18)7-12(15)9-14/h7-10,13H,3-6H2,1-2H3. The highest BCUT2D eigenvalue weighted by atomic mass is 19.1. The first kappa shape index (κ1) is 13.0. The number of halogens is 1. The Labute approximate surface area is 107 Å². The largest absolute Gasteiger partial charge is 0.371 e. The van der Waals surface area contributed by atoms with Gasteiger partial charge in [0.25, 0.3) is 0 Å². The molecular weight excluding hydrogens is 231 g/mol. The molecule has 98 valence electrons. The SMILES string of the molecule is CN1CCC(N(C)c2cc(F)cc(C=O)c2)CC1. The average Bonchev–Trinajstić information content (AvgIpc) is 2.38. The summed E-state index contributed by atoms with van der Waals surface area (Å²) >= 11 is 0. The summed E-state index contributed by atoms with van der Waals surface area (Å²) in [6.45, 7) is 2.12. The van der Waals surface area contributed by atoms with Crippen LogP contribution in [0.4, 0.5) is 10.1 Å². The quantitative estimate of drug-likeness (QED) is 0.768. The van der Waals surface area contributed by atoms with E-state index in [4.69, 9.17) is 0 Å². The molecule has 3 nitrogen and oxygen atoms in total. The van der Waals surface area contributed by atoms with Gasteiger partial charge in [-0.1, -0.05) is 0 Å². The molecule has 0 unspecified atom stereocenters. The molecule has 0 bridgehead atoms. The Morgan fingerprint density at radius 2 is 2.00 bits per heavy atom. The van der Waals surface area contributed by atoms with Gasteiger partial charge in [-0.05, 0) is 51.2 Å². The summed E-state index contributed by atoms with van der Waals surface area (Å²) in [4.78, 5) is 15.1. The van der Waals surface area contributed by atoms with E-state index in [0.29, 0.717) is 17.9 Å². The fraction of sp³-hybridized carbons (Fsp3) is 0.500. The van der Waals surface area contributed by atoms with Crippen molar-refractivity contribution in [3.63, 3.8) is 0 Å². The molecule has 1 heterocycles. The third-order valence-corrected chi connectivity index (χ3v) is 3.68. The number of benzene rings is 1. The minimum Gasteiger partial charge on any atom is -0.371 e. The van der Waals surface area contributed by atoms with Crippen molar-refractivity contribution in [2.24, 2.45) is 0 Å². The van der Waals surface area contributed by atoms with Crippen molar-refractivity contribution in [1.29, 1.82) is 0 Å². The molecule has 1 saturated heterocycles. The van der Waals surface area contributed by atoms with Gasteiger partial charge in [0.05, 0.1) is 0 Å². The van der Waals surface area contributed by atoms with Crippen molar-refractivity contribution >= 4 is 12.0 Å². The van der Waals surface area contributed by atoms with Gasteiger partial charge in [0, 0.05) is 24.3 Å². The molecule has 0 aromatic heterocycles. The Bertz CT molecular complexity index is 428. The molecule has 1 aliphatic heterocycles. The van der Waals surface area contributed by atoms with Crippen molar-refractivity contribution in [2.75, 3.05) is 32.1 Å². The van der Waals surface area contributed by atoms with Crippen LogP contribution in [0.3, 0.4) is 0 Å². The molecule has 0 aliphatic carbocycles. The van der Waals surface area contributed by atoms with Gasteiger partial charge in [-0.15, -0.1) is 0 Å². The molecule has 0 atom stereocenters. The Kier molecular flexibility index (Phi) is 3.97. The number of carbonyl (C=O) groups is 1. The van der Waals surface area contributed by atoms with E-state index >= 15 is 0 Å². The van der Waals surface area contributed by atoms with Gasteiger partial charge >= 0.3 is 0 Å². The first-order valence-corrected chi connectivity index (χ1v) is 6.27.